The highest BCUT2D eigenvalue weighted by atomic mass is 32.1. The van der Waals surface area contributed by atoms with E-state index in [1.54, 1.807) is 17.6 Å². The van der Waals surface area contributed by atoms with E-state index in [1.807, 2.05) is 38.1 Å². The van der Waals surface area contributed by atoms with Crippen LogP contribution in [0, 0.1) is 13.8 Å². The standard InChI is InChI=1S/C19H15N3OS/c1-12-13(2)24-18-17(12)19(23)22(11-20-18)21-10-14-7-8-15-5-3-4-6-16(15)9-14/h3-11H,1-2H3/b21-10+. The van der Waals surface area contributed by atoms with Crippen LogP contribution in [0.25, 0.3) is 21.0 Å². The number of nitrogens with zero attached hydrogens (tertiary/aromatic N) is 3. The van der Waals surface area contributed by atoms with E-state index >= 15 is 0 Å². The number of rotatable bonds is 2. The minimum atomic E-state index is -0.126. The van der Waals surface area contributed by atoms with Crippen LogP contribution < -0.4 is 5.56 Å². The van der Waals surface area contributed by atoms with Gasteiger partial charge in [-0.25, -0.2) is 4.98 Å². The summed E-state index contributed by atoms with van der Waals surface area (Å²) in [6, 6.07) is 14.2. The highest BCUT2D eigenvalue weighted by Crippen LogP contribution is 2.25. The van der Waals surface area contributed by atoms with E-state index in [1.165, 1.54) is 16.4 Å². The minimum Gasteiger partial charge on any atom is -0.267 e. The Morgan fingerprint density at radius 1 is 1.12 bits per heavy atom. The van der Waals surface area contributed by atoms with Gasteiger partial charge in [-0.15, -0.1) is 11.3 Å². The molecule has 0 aliphatic heterocycles. The molecule has 0 fully saturated rings. The van der Waals surface area contributed by atoms with Gasteiger partial charge in [-0.05, 0) is 41.8 Å². The van der Waals surface area contributed by atoms with Gasteiger partial charge in [-0.3, -0.25) is 4.79 Å². The average molecular weight is 333 g/mol. The van der Waals surface area contributed by atoms with Crippen LogP contribution in [0.5, 0.6) is 0 Å². The highest BCUT2D eigenvalue weighted by molar-refractivity contribution is 7.18. The molecule has 0 amide bonds. The molecule has 0 N–H and O–H groups in total. The Morgan fingerprint density at radius 2 is 1.92 bits per heavy atom. The zero-order valence-electron chi connectivity index (χ0n) is 13.4. The molecule has 0 aliphatic carbocycles. The van der Waals surface area contributed by atoms with Crippen molar-refractivity contribution in [1.29, 1.82) is 0 Å². The molecule has 0 unspecified atom stereocenters. The molecule has 4 aromatic rings. The van der Waals surface area contributed by atoms with Gasteiger partial charge in [0.2, 0.25) is 0 Å². The molecular formula is C19H15N3OS. The fourth-order valence-electron chi connectivity index (χ4n) is 2.73. The quantitative estimate of drug-likeness (QED) is 0.518. The van der Waals surface area contributed by atoms with E-state index in [9.17, 15) is 4.79 Å². The summed E-state index contributed by atoms with van der Waals surface area (Å²) in [5.41, 5.74) is 1.81. The van der Waals surface area contributed by atoms with Crippen molar-refractivity contribution in [3.8, 4) is 0 Å². The van der Waals surface area contributed by atoms with Gasteiger partial charge >= 0.3 is 0 Å². The van der Waals surface area contributed by atoms with Crippen molar-refractivity contribution in [2.75, 3.05) is 0 Å². The lowest BCUT2D eigenvalue weighted by Crippen LogP contribution is -2.16. The molecule has 0 aliphatic rings. The average Bonchev–Trinajstić information content (AvgIpc) is 2.89. The van der Waals surface area contributed by atoms with Crippen LogP contribution in [0.4, 0.5) is 0 Å². The smallest absolute Gasteiger partial charge is 0.267 e. The SMILES string of the molecule is Cc1sc2ncn(/N=C/c3ccc4ccccc4c3)c(=O)c2c1C. The Bertz CT molecular complexity index is 1150. The van der Waals surface area contributed by atoms with E-state index < -0.39 is 0 Å². The Hall–Kier alpha value is -2.79. The van der Waals surface area contributed by atoms with E-state index in [4.69, 9.17) is 0 Å². The second-order valence-electron chi connectivity index (χ2n) is 5.71. The summed E-state index contributed by atoms with van der Waals surface area (Å²) in [6.45, 7) is 3.96. The Labute approximate surface area is 142 Å². The van der Waals surface area contributed by atoms with Crippen molar-refractivity contribution < 1.29 is 0 Å². The molecule has 5 heteroatoms. The van der Waals surface area contributed by atoms with Gasteiger partial charge in [0.1, 0.15) is 11.2 Å². The molecule has 0 spiro atoms. The number of aromatic nitrogens is 2. The van der Waals surface area contributed by atoms with Crippen LogP contribution in [0.3, 0.4) is 0 Å². The lowest BCUT2D eigenvalue weighted by molar-refractivity contribution is 0.818. The number of hydrogen-bond acceptors (Lipinski definition) is 4. The molecule has 0 radical (unpaired) electrons. The lowest BCUT2D eigenvalue weighted by atomic mass is 10.1. The van der Waals surface area contributed by atoms with Crippen molar-refractivity contribution in [3.05, 3.63) is 75.1 Å². The summed E-state index contributed by atoms with van der Waals surface area (Å²) in [6.07, 6.45) is 3.17. The normalized spacial score (nSPS) is 11.8. The van der Waals surface area contributed by atoms with Gasteiger partial charge in [-0.1, -0.05) is 36.4 Å². The Kier molecular flexibility index (Phi) is 3.50. The van der Waals surface area contributed by atoms with Gasteiger partial charge in [-0.2, -0.15) is 9.78 Å². The summed E-state index contributed by atoms with van der Waals surface area (Å²) < 4.78 is 1.30. The Morgan fingerprint density at radius 3 is 2.75 bits per heavy atom. The van der Waals surface area contributed by atoms with E-state index in [-0.39, 0.29) is 5.56 Å². The number of fused-ring (bicyclic) bond motifs is 2. The topological polar surface area (TPSA) is 47.2 Å². The summed E-state index contributed by atoms with van der Waals surface area (Å²) in [4.78, 5) is 18.9. The van der Waals surface area contributed by atoms with Crippen LogP contribution >= 0.6 is 11.3 Å². The first-order valence-electron chi connectivity index (χ1n) is 7.64. The van der Waals surface area contributed by atoms with E-state index in [2.05, 4.69) is 28.3 Å². The number of benzene rings is 2. The second-order valence-corrected chi connectivity index (χ2v) is 6.91. The van der Waals surface area contributed by atoms with E-state index in [0.717, 1.165) is 26.2 Å². The molecule has 0 atom stereocenters. The summed E-state index contributed by atoms with van der Waals surface area (Å²) in [7, 11) is 0. The van der Waals surface area contributed by atoms with Crippen molar-refractivity contribution in [3.63, 3.8) is 0 Å². The first-order valence-corrected chi connectivity index (χ1v) is 8.45. The van der Waals surface area contributed by atoms with Crippen LogP contribution in [0.2, 0.25) is 0 Å². The largest absolute Gasteiger partial charge is 0.282 e. The van der Waals surface area contributed by atoms with Gasteiger partial charge in [0, 0.05) is 4.88 Å². The molecule has 0 saturated carbocycles. The first kappa shape index (κ1) is 14.8. The van der Waals surface area contributed by atoms with Crippen molar-refractivity contribution >= 4 is 38.5 Å². The monoisotopic (exact) mass is 333 g/mol. The third-order valence-corrected chi connectivity index (χ3v) is 5.29. The third kappa shape index (κ3) is 2.43. The molecule has 0 bridgehead atoms. The van der Waals surface area contributed by atoms with Crippen molar-refractivity contribution in [2.24, 2.45) is 5.10 Å². The molecule has 2 aromatic heterocycles. The molecule has 4 nitrogen and oxygen atoms in total. The van der Waals surface area contributed by atoms with Crippen LogP contribution in [0.15, 0.2) is 58.7 Å². The molecule has 24 heavy (non-hydrogen) atoms. The first-order chi connectivity index (χ1) is 11.6. The van der Waals surface area contributed by atoms with Gasteiger partial charge < -0.3 is 0 Å². The zero-order valence-corrected chi connectivity index (χ0v) is 14.2. The summed E-state index contributed by atoms with van der Waals surface area (Å²) in [5.74, 6) is 0. The van der Waals surface area contributed by atoms with Crippen molar-refractivity contribution in [2.45, 2.75) is 13.8 Å². The minimum absolute atomic E-state index is 0.126. The van der Waals surface area contributed by atoms with Crippen LogP contribution in [0.1, 0.15) is 16.0 Å². The predicted octanol–water partition coefficient (Wildman–Crippen LogP) is 4.11. The fourth-order valence-corrected chi connectivity index (χ4v) is 3.71. The second kappa shape index (κ2) is 5.69. The van der Waals surface area contributed by atoms with E-state index in [0.29, 0.717) is 5.39 Å². The predicted molar refractivity (Wildman–Crippen MR) is 100 cm³/mol. The van der Waals surface area contributed by atoms with Gasteiger partial charge in [0.15, 0.2) is 0 Å². The number of thiophene rings is 1. The molecule has 118 valence electrons. The van der Waals surface area contributed by atoms with Crippen molar-refractivity contribution in [1.82, 2.24) is 9.66 Å². The summed E-state index contributed by atoms with van der Waals surface area (Å²) >= 11 is 1.54. The molecular weight excluding hydrogens is 318 g/mol. The maximum atomic E-state index is 12.6. The maximum Gasteiger partial charge on any atom is 0.282 e. The van der Waals surface area contributed by atoms with Gasteiger partial charge in [0.25, 0.3) is 5.56 Å². The highest BCUT2D eigenvalue weighted by Gasteiger charge is 2.11. The van der Waals surface area contributed by atoms with Gasteiger partial charge in [0.05, 0.1) is 11.6 Å². The fraction of sp³-hybridized carbons (Fsp3) is 0.105. The molecule has 4 rings (SSSR count). The summed E-state index contributed by atoms with van der Waals surface area (Å²) in [5, 5.41) is 7.29. The number of hydrogen-bond donors (Lipinski definition) is 0. The number of aryl methyl sites for hydroxylation is 2. The molecule has 0 saturated heterocycles. The third-order valence-electron chi connectivity index (χ3n) is 4.18. The molecule has 2 aromatic carbocycles. The molecule has 2 heterocycles. The maximum absolute atomic E-state index is 12.6. The van der Waals surface area contributed by atoms with Crippen LogP contribution in [-0.2, 0) is 0 Å². The Balaban J connectivity index is 1.77. The zero-order chi connectivity index (χ0) is 16.7. The van der Waals surface area contributed by atoms with Crippen LogP contribution in [-0.4, -0.2) is 15.9 Å². The lowest BCUT2D eigenvalue weighted by Gasteiger charge is -2.00.